The van der Waals surface area contributed by atoms with Crippen LogP contribution in [0.25, 0.3) is 11.1 Å². The zero-order chi connectivity index (χ0) is 13.8. The van der Waals surface area contributed by atoms with Gasteiger partial charge in [0.25, 0.3) is 0 Å². The lowest BCUT2D eigenvalue weighted by Gasteiger charge is -2.11. The predicted molar refractivity (Wildman–Crippen MR) is 63.9 cm³/mol. The van der Waals surface area contributed by atoms with Crippen molar-refractivity contribution in [3.8, 4) is 16.9 Å². The Morgan fingerprint density at radius 3 is 2.32 bits per heavy atom. The van der Waals surface area contributed by atoms with E-state index in [1.807, 2.05) is 0 Å². The van der Waals surface area contributed by atoms with Gasteiger partial charge in [0, 0.05) is 11.1 Å². The highest BCUT2D eigenvalue weighted by Crippen LogP contribution is 2.32. The maximum atomic E-state index is 12.9. The molecule has 0 N–H and O–H groups in total. The first-order valence-electron chi connectivity index (χ1n) is 5.40. The lowest BCUT2D eigenvalue weighted by atomic mass is 10.0. The third-order valence-electron chi connectivity index (χ3n) is 2.51. The standard InChI is InChI=1S/C14H9F3O2/c15-11-4-2-10(3-5-11)12-7-9(8-18)1-6-13(12)19-14(16)17/h1-8,14H. The van der Waals surface area contributed by atoms with Crippen LogP contribution in [0.15, 0.2) is 42.5 Å². The molecule has 0 saturated carbocycles. The van der Waals surface area contributed by atoms with Crippen LogP contribution >= 0.6 is 0 Å². The van der Waals surface area contributed by atoms with Crippen molar-refractivity contribution in [1.82, 2.24) is 0 Å². The second-order valence-electron chi connectivity index (χ2n) is 3.76. The van der Waals surface area contributed by atoms with Gasteiger partial charge in [-0.2, -0.15) is 8.78 Å². The number of carbonyl (C=O) groups is 1. The van der Waals surface area contributed by atoms with Gasteiger partial charge in [-0.15, -0.1) is 0 Å². The number of aldehydes is 1. The molecule has 0 amide bonds. The monoisotopic (exact) mass is 266 g/mol. The molecule has 0 aliphatic carbocycles. The van der Waals surface area contributed by atoms with Crippen LogP contribution in [-0.4, -0.2) is 12.9 Å². The van der Waals surface area contributed by atoms with E-state index in [2.05, 4.69) is 4.74 Å². The Labute approximate surface area is 107 Å². The van der Waals surface area contributed by atoms with E-state index >= 15 is 0 Å². The van der Waals surface area contributed by atoms with Crippen molar-refractivity contribution in [3.63, 3.8) is 0 Å². The van der Waals surface area contributed by atoms with Crippen LogP contribution in [-0.2, 0) is 0 Å². The molecule has 98 valence electrons. The first-order valence-corrected chi connectivity index (χ1v) is 5.40. The smallest absolute Gasteiger partial charge is 0.387 e. The summed E-state index contributed by atoms with van der Waals surface area (Å²) in [5.74, 6) is -0.501. The second kappa shape index (κ2) is 5.56. The van der Waals surface area contributed by atoms with Gasteiger partial charge in [-0.3, -0.25) is 4.79 Å². The van der Waals surface area contributed by atoms with Gasteiger partial charge in [-0.1, -0.05) is 12.1 Å². The molecular weight excluding hydrogens is 257 g/mol. The van der Waals surface area contributed by atoms with E-state index in [4.69, 9.17) is 0 Å². The molecule has 19 heavy (non-hydrogen) atoms. The summed E-state index contributed by atoms with van der Waals surface area (Å²) in [6.07, 6.45) is 0.596. The highest BCUT2D eigenvalue weighted by Gasteiger charge is 2.12. The van der Waals surface area contributed by atoms with Crippen molar-refractivity contribution in [2.75, 3.05) is 0 Å². The molecule has 0 radical (unpaired) electrons. The molecule has 2 nitrogen and oxygen atoms in total. The fourth-order valence-electron chi connectivity index (χ4n) is 1.67. The summed E-state index contributed by atoms with van der Waals surface area (Å²) >= 11 is 0. The minimum atomic E-state index is -2.97. The molecule has 0 aromatic heterocycles. The number of benzene rings is 2. The number of rotatable bonds is 4. The van der Waals surface area contributed by atoms with Crippen molar-refractivity contribution < 1.29 is 22.7 Å². The largest absolute Gasteiger partial charge is 0.434 e. The Morgan fingerprint density at radius 1 is 1.05 bits per heavy atom. The third kappa shape index (κ3) is 3.13. The predicted octanol–water partition coefficient (Wildman–Crippen LogP) is 3.91. The average Bonchev–Trinajstić information content (AvgIpc) is 2.40. The van der Waals surface area contributed by atoms with Gasteiger partial charge in [-0.05, 0) is 35.9 Å². The van der Waals surface area contributed by atoms with Crippen LogP contribution in [0, 0.1) is 5.82 Å². The summed E-state index contributed by atoms with van der Waals surface area (Å²) in [5.41, 5.74) is 1.12. The Hall–Kier alpha value is -2.30. The fourth-order valence-corrected chi connectivity index (χ4v) is 1.67. The number of hydrogen-bond donors (Lipinski definition) is 0. The number of halogens is 3. The molecule has 2 rings (SSSR count). The summed E-state index contributed by atoms with van der Waals surface area (Å²) < 4.78 is 41.9. The van der Waals surface area contributed by atoms with E-state index < -0.39 is 12.4 Å². The maximum absolute atomic E-state index is 12.9. The minimum Gasteiger partial charge on any atom is -0.434 e. The Balaban J connectivity index is 2.51. The van der Waals surface area contributed by atoms with E-state index in [0.29, 0.717) is 23.0 Å². The molecule has 0 bridgehead atoms. The Morgan fingerprint density at radius 2 is 1.74 bits per heavy atom. The first kappa shape index (κ1) is 13.1. The van der Waals surface area contributed by atoms with Gasteiger partial charge >= 0.3 is 6.61 Å². The molecule has 0 fully saturated rings. The SMILES string of the molecule is O=Cc1ccc(OC(F)F)c(-c2ccc(F)cc2)c1. The van der Waals surface area contributed by atoms with Crippen LogP contribution in [0.5, 0.6) is 5.75 Å². The zero-order valence-corrected chi connectivity index (χ0v) is 9.65. The molecule has 2 aromatic rings. The summed E-state index contributed by atoms with van der Waals surface area (Å²) in [5, 5.41) is 0. The van der Waals surface area contributed by atoms with Gasteiger partial charge in [0.05, 0.1) is 0 Å². The summed E-state index contributed by atoms with van der Waals surface area (Å²) in [7, 11) is 0. The van der Waals surface area contributed by atoms with E-state index in [1.165, 1.54) is 42.5 Å². The van der Waals surface area contributed by atoms with Crippen LogP contribution in [0.1, 0.15) is 10.4 Å². The lowest BCUT2D eigenvalue weighted by Crippen LogP contribution is -2.03. The molecule has 2 aromatic carbocycles. The van der Waals surface area contributed by atoms with Crippen molar-refractivity contribution >= 4 is 6.29 Å². The molecule has 0 heterocycles. The first-order chi connectivity index (χ1) is 9.10. The third-order valence-corrected chi connectivity index (χ3v) is 2.51. The van der Waals surface area contributed by atoms with Gasteiger partial charge in [0.1, 0.15) is 17.9 Å². The summed E-state index contributed by atoms with van der Waals surface area (Å²) in [6, 6.07) is 9.34. The molecule has 5 heteroatoms. The van der Waals surface area contributed by atoms with Gasteiger partial charge < -0.3 is 4.74 Å². The maximum Gasteiger partial charge on any atom is 0.387 e. The lowest BCUT2D eigenvalue weighted by molar-refractivity contribution is -0.0494. The van der Waals surface area contributed by atoms with Crippen LogP contribution in [0.2, 0.25) is 0 Å². The van der Waals surface area contributed by atoms with Crippen LogP contribution in [0.3, 0.4) is 0 Å². The highest BCUT2D eigenvalue weighted by molar-refractivity contribution is 5.81. The fraction of sp³-hybridized carbons (Fsp3) is 0.0714. The van der Waals surface area contributed by atoms with Gasteiger partial charge in [0.2, 0.25) is 0 Å². The van der Waals surface area contributed by atoms with Crippen LogP contribution < -0.4 is 4.74 Å². The Kier molecular flexibility index (Phi) is 3.85. The number of alkyl halides is 2. The van der Waals surface area contributed by atoms with E-state index in [1.54, 1.807) is 0 Å². The molecule has 0 saturated heterocycles. The molecular formula is C14H9F3O2. The minimum absolute atomic E-state index is 0.0628. The van der Waals surface area contributed by atoms with Gasteiger partial charge in [-0.25, -0.2) is 4.39 Å². The van der Waals surface area contributed by atoms with Crippen molar-refractivity contribution in [3.05, 3.63) is 53.8 Å². The molecule has 0 aliphatic rings. The Bertz CT molecular complexity index is 580. The zero-order valence-electron chi connectivity index (χ0n) is 9.65. The molecule has 0 spiro atoms. The van der Waals surface area contributed by atoms with Gasteiger partial charge in [0.15, 0.2) is 0 Å². The highest BCUT2D eigenvalue weighted by atomic mass is 19.3. The van der Waals surface area contributed by atoms with E-state index in [9.17, 15) is 18.0 Å². The van der Waals surface area contributed by atoms with E-state index in [-0.39, 0.29) is 5.75 Å². The summed E-state index contributed by atoms with van der Waals surface area (Å²) in [4.78, 5) is 10.7. The number of ether oxygens (including phenoxy) is 1. The average molecular weight is 266 g/mol. The molecule has 0 unspecified atom stereocenters. The normalized spacial score (nSPS) is 10.5. The van der Waals surface area contributed by atoms with E-state index in [0.717, 1.165) is 0 Å². The number of carbonyl (C=O) groups excluding carboxylic acids is 1. The van der Waals surface area contributed by atoms with Crippen molar-refractivity contribution in [2.45, 2.75) is 6.61 Å². The number of hydrogen-bond acceptors (Lipinski definition) is 2. The van der Waals surface area contributed by atoms with Crippen molar-refractivity contribution in [2.24, 2.45) is 0 Å². The molecule has 0 atom stereocenters. The van der Waals surface area contributed by atoms with Crippen LogP contribution in [0.4, 0.5) is 13.2 Å². The summed E-state index contributed by atoms with van der Waals surface area (Å²) in [6.45, 7) is -2.97. The molecule has 0 aliphatic heterocycles. The van der Waals surface area contributed by atoms with Crippen molar-refractivity contribution in [1.29, 1.82) is 0 Å². The topological polar surface area (TPSA) is 26.3 Å². The second-order valence-corrected chi connectivity index (χ2v) is 3.76. The quantitative estimate of drug-likeness (QED) is 0.784.